The second-order valence-electron chi connectivity index (χ2n) is 4.84. The highest BCUT2D eigenvalue weighted by Crippen LogP contribution is 2.29. The molecule has 0 bridgehead atoms. The number of halogens is 2. The van der Waals surface area contributed by atoms with Crippen LogP contribution in [-0.4, -0.2) is 5.78 Å². The number of rotatable bonds is 2. The summed E-state index contributed by atoms with van der Waals surface area (Å²) in [5, 5.41) is 0. The summed E-state index contributed by atoms with van der Waals surface area (Å²) in [5.41, 5.74) is 2.10. The number of benzene rings is 2. The van der Waals surface area contributed by atoms with E-state index in [1.54, 1.807) is 0 Å². The lowest BCUT2D eigenvalue weighted by Crippen LogP contribution is -2.17. The van der Waals surface area contributed by atoms with Crippen LogP contribution in [0.2, 0.25) is 0 Å². The van der Waals surface area contributed by atoms with E-state index in [0.717, 1.165) is 17.2 Å². The standard InChI is InChI=1S/C16H12F2O/c17-14-7-3-6-13(15(14)18)16(19)12-8-10-4-1-2-5-11(10)9-12/h1-7,12H,8-9H2. The third kappa shape index (κ3) is 2.05. The molecule has 1 aliphatic carbocycles. The number of carbonyl (C=O) groups is 1. The molecule has 0 N–H and O–H groups in total. The summed E-state index contributed by atoms with van der Waals surface area (Å²) < 4.78 is 26.8. The van der Waals surface area contributed by atoms with Gasteiger partial charge in [0.1, 0.15) is 0 Å². The summed E-state index contributed by atoms with van der Waals surface area (Å²) in [6.07, 6.45) is 1.20. The molecule has 0 heterocycles. The van der Waals surface area contributed by atoms with Crippen LogP contribution >= 0.6 is 0 Å². The minimum Gasteiger partial charge on any atom is -0.294 e. The van der Waals surface area contributed by atoms with Gasteiger partial charge in [-0.1, -0.05) is 30.3 Å². The fourth-order valence-corrected chi connectivity index (χ4v) is 2.66. The van der Waals surface area contributed by atoms with Gasteiger partial charge in [-0.05, 0) is 36.1 Å². The summed E-state index contributed by atoms with van der Waals surface area (Å²) in [5.74, 6) is -2.60. The Morgan fingerprint density at radius 1 is 0.947 bits per heavy atom. The maximum absolute atomic E-state index is 13.6. The first-order valence-corrected chi connectivity index (χ1v) is 6.22. The van der Waals surface area contributed by atoms with Gasteiger partial charge >= 0.3 is 0 Å². The molecule has 3 rings (SSSR count). The van der Waals surface area contributed by atoms with E-state index >= 15 is 0 Å². The van der Waals surface area contributed by atoms with E-state index in [9.17, 15) is 13.6 Å². The number of hydrogen-bond acceptors (Lipinski definition) is 1. The highest BCUT2D eigenvalue weighted by Gasteiger charge is 2.29. The Bertz CT molecular complexity index is 624. The van der Waals surface area contributed by atoms with Crippen LogP contribution in [0.4, 0.5) is 8.78 Å². The number of fused-ring (bicyclic) bond motifs is 1. The molecule has 2 aromatic rings. The van der Waals surface area contributed by atoms with Crippen molar-refractivity contribution in [1.82, 2.24) is 0 Å². The maximum Gasteiger partial charge on any atom is 0.169 e. The second kappa shape index (κ2) is 4.57. The van der Waals surface area contributed by atoms with Gasteiger partial charge in [0.15, 0.2) is 17.4 Å². The molecule has 0 spiro atoms. The van der Waals surface area contributed by atoms with E-state index in [0.29, 0.717) is 12.8 Å². The van der Waals surface area contributed by atoms with Crippen molar-refractivity contribution < 1.29 is 13.6 Å². The van der Waals surface area contributed by atoms with Gasteiger partial charge in [0.25, 0.3) is 0 Å². The molecule has 0 amide bonds. The van der Waals surface area contributed by atoms with Crippen LogP contribution in [0.5, 0.6) is 0 Å². The molecule has 2 aromatic carbocycles. The van der Waals surface area contributed by atoms with Gasteiger partial charge in [0.05, 0.1) is 5.56 Å². The molecule has 3 heteroatoms. The van der Waals surface area contributed by atoms with E-state index in [2.05, 4.69) is 0 Å². The summed E-state index contributed by atoms with van der Waals surface area (Å²) in [7, 11) is 0. The van der Waals surface area contributed by atoms with Crippen LogP contribution < -0.4 is 0 Å². The Morgan fingerprint density at radius 2 is 1.58 bits per heavy atom. The highest BCUT2D eigenvalue weighted by molar-refractivity contribution is 5.98. The van der Waals surface area contributed by atoms with E-state index in [-0.39, 0.29) is 17.3 Å². The Hall–Kier alpha value is -2.03. The fourth-order valence-electron chi connectivity index (χ4n) is 2.66. The molecule has 0 unspecified atom stereocenters. The van der Waals surface area contributed by atoms with Crippen LogP contribution in [0.3, 0.4) is 0 Å². The van der Waals surface area contributed by atoms with Gasteiger partial charge in [0, 0.05) is 5.92 Å². The number of carbonyl (C=O) groups excluding carboxylic acids is 1. The zero-order valence-corrected chi connectivity index (χ0v) is 10.2. The van der Waals surface area contributed by atoms with Crippen molar-refractivity contribution in [2.75, 3.05) is 0 Å². The first kappa shape index (κ1) is 12.0. The first-order chi connectivity index (χ1) is 9.16. The normalized spacial score (nSPS) is 14.4. The SMILES string of the molecule is O=C(c1cccc(F)c1F)C1Cc2ccccc2C1. The maximum atomic E-state index is 13.6. The number of hydrogen-bond donors (Lipinski definition) is 0. The van der Waals surface area contributed by atoms with Crippen molar-refractivity contribution in [3.63, 3.8) is 0 Å². The van der Waals surface area contributed by atoms with Gasteiger partial charge in [-0.2, -0.15) is 0 Å². The minimum atomic E-state index is -1.04. The molecule has 0 aliphatic heterocycles. The molecule has 0 saturated heterocycles. The Kier molecular flexibility index (Phi) is 2.90. The average Bonchev–Trinajstić information content (AvgIpc) is 2.85. The Labute approximate surface area is 109 Å². The van der Waals surface area contributed by atoms with Crippen molar-refractivity contribution in [3.05, 3.63) is 70.8 Å². The summed E-state index contributed by atoms with van der Waals surface area (Å²) >= 11 is 0. The van der Waals surface area contributed by atoms with E-state index < -0.39 is 11.6 Å². The van der Waals surface area contributed by atoms with Crippen LogP contribution in [-0.2, 0) is 12.8 Å². The van der Waals surface area contributed by atoms with Gasteiger partial charge in [-0.25, -0.2) is 8.78 Å². The van der Waals surface area contributed by atoms with Gasteiger partial charge in [-0.3, -0.25) is 4.79 Å². The van der Waals surface area contributed by atoms with Crippen LogP contribution in [0.15, 0.2) is 42.5 Å². The molecule has 1 aliphatic rings. The van der Waals surface area contributed by atoms with Crippen molar-refractivity contribution >= 4 is 5.78 Å². The Balaban J connectivity index is 1.89. The third-order valence-corrected chi connectivity index (χ3v) is 3.64. The van der Waals surface area contributed by atoms with Gasteiger partial charge in [-0.15, -0.1) is 0 Å². The molecule has 1 nitrogen and oxygen atoms in total. The number of Topliss-reactive ketones (excluding diaryl/α,β-unsaturated/α-hetero) is 1. The minimum absolute atomic E-state index is 0.141. The fraction of sp³-hybridized carbons (Fsp3) is 0.188. The summed E-state index contributed by atoms with van der Waals surface area (Å²) in [6.45, 7) is 0. The monoisotopic (exact) mass is 258 g/mol. The molecule has 0 fully saturated rings. The summed E-state index contributed by atoms with van der Waals surface area (Å²) in [6, 6.07) is 11.5. The van der Waals surface area contributed by atoms with Crippen LogP contribution in [0, 0.1) is 17.6 Å². The molecule has 96 valence electrons. The largest absolute Gasteiger partial charge is 0.294 e. The molecule has 0 atom stereocenters. The van der Waals surface area contributed by atoms with Crippen molar-refractivity contribution in [1.29, 1.82) is 0 Å². The van der Waals surface area contributed by atoms with Crippen molar-refractivity contribution in [2.45, 2.75) is 12.8 Å². The predicted octanol–water partition coefficient (Wildman–Crippen LogP) is 3.56. The van der Waals surface area contributed by atoms with Crippen molar-refractivity contribution in [3.8, 4) is 0 Å². The molecular formula is C16H12F2O. The molecule has 0 saturated carbocycles. The second-order valence-corrected chi connectivity index (χ2v) is 4.84. The van der Waals surface area contributed by atoms with E-state index in [4.69, 9.17) is 0 Å². The number of ketones is 1. The van der Waals surface area contributed by atoms with E-state index in [1.807, 2.05) is 24.3 Å². The van der Waals surface area contributed by atoms with Crippen molar-refractivity contribution in [2.24, 2.45) is 5.92 Å². The molecule has 19 heavy (non-hydrogen) atoms. The smallest absolute Gasteiger partial charge is 0.169 e. The van der Waals surface area contributed by atoms with Gasteiger partial charge < -0.3 is 0 Å². The molecule has 0 aromatic heterocycles. The topological polar surface area (TPSA) is 17.1 Å². The van der Waals surface area contributed by atoms with E-state index in [1.165, 1.54) is 12.1 Å². The lowest BCUT2D eigenvalue weighted by Gasteiger charge is -2.09. The summed E-state index contributed by atoms with van der Waals surface area (Å²) in [4.78, 5) is 12.3. The highest BCUT2D eigenvalue weighted by atomic mass is 19.2. The van der Waals surface area contributed by atoms with Crippen LogP contribution in [0.1, 0.15) is 21.5 Å². The molecular weight excluding hydrogens is 246 g/mol. The first-order valence-electron chi connectivity index (χ1n) is 6.22. The third-order valence-electron chi connectivity index (χ3n) is 3.64. The average molecular weight is 258 g/mol. The van der Waals surface area contributed by atoms with Crippen LogP contribution in [0.25, 0.3) is 0 Å². The quantitative estimate of drug-likeness (QED) is 0.753. The van der Waals surface area contributed by atoms with Gasteiger partial charge in [0.2, 0.25) is 0 Å². The zero-order valence-electron chi connectivity index (χ0n) is 10.2. The molecule has 0 radical (unpaired) electrons. The Morgan fingerprint density at radius 3 is 2.21 bits per heavy atom. The predicted molar refractivity (Wildman–Crippen MR) is 68.0 cm³/mol. The zero-order chi connectivity index (χ0) is 13.4. The lowest BCUT2D eigenvalue weighted by molar-refractivity contribution is 0.0919. The lowest BCUT2D eigenvalue weighted by atomic mass is 9.94.